The molecule has 0 heterocycles. The number of nitrogens with one attached hydrogen (secondary N) is 1. The summed E-state index contributed by atoms with van der Waals surface area (Å²) in [5, 5.41) is 3.28. The quantitative estimate of drug-likeness (QED) is 0.790. The molecule has 0 aliphatic carbocycles. The monoisotopic (exact) mass is 367 g/mol. The Bertz CT molecular complexity index is 749. The van der Waals surface area contributed by atoms with E-state index in [1.165, 1.54) is 6.07 Å². The minimum absolute atomic E-state index is 0.0528. The zero-order valence-corrected chi connectivity index (χ0v) is 14.4. The molecule has 2 aromatic rings. The summed E-state index contributed by atoms with van der Waals surface area (Å²) in [5.41, 5.74) is 1.21. The number of benzene rings is 2. The van der Waals surface area contributed by atoms with E-state index in [1.54, 1.807) is 43.5 Å². The maximum atomic E-state index is 11.8. The van der Waals surface area contributed by atoms with E-state index in [4.69, 9.17) is 32.7 Å². The fourth-order valence-corrected chi connectivity index (χ4v) is 2.22. The first-order chi connectivity index (χ1) is 11.5. The molecule has 1 amide bonds. The molecule has 2 aromatic carbocycles. The zero-order valence-electron chi connectivity index (χ0n) is 12.8. The number of rotatable bonds is 6. The number of amides is 1. The highest BCUT2D eigenvalue weighted by Crippen LogP contribution is 2.24. The number of carbonyl (C=O) groups is 2. The van der Waals surface area contributed by atoms with Gasteiger partial charge in [-0.2, -0.15) is 0 Å². The molecule has 0 fully saturated rings. The van der Waals surface area contributed by atoms with Gasteiger partial charge >= 0.3 is 5.97 Å². The molecule has 1 N–H and O–H groups in total. The molecule has 24 heavy (non-hydrogen) atoms. The average Bonchev–Trinajstić information content (AvgIpc) is 2.56. The maximum Gasteiger partial charge on any atom is 0.310 e. The largest absolute Gasteiger partial charge is 0.497 e. The smallest absolute Gasteiger partial charge is 0.310 e. The molecule has 7 heteroatoms. The molecule has 0 aliphatic rings. The number of methoxy groups -OCH3 is 1. The van der Waals surface area contributed by atoms with Crippen LogP contribution < -0.4 is 10.1 Å². The van der Waals surface area contributed by atoms with Gasteiger partial charge in [0.2, 0.25) is 0 Å². The second-order valence-electron chi connectivity index (χ2n) is 4.87. The second-order valence-corrected chi connectivity index (χ2v) is 5.68. The summed E-state index contributed by atoms with van der Waals surface area (Å²) in [4.78, 5) is 23.6. The van der Waals surface area contributed by atoms with Crippen LogP contribution >= 0.6 is 23.2 Å². The number of esters is 1. The van der Waals surface area contributed by atoms with Crippen molar-refractivity contribution < 1.29 is 19.1 Å². The summed E-state index contributed by atoms with van der Waals surface area (Å²) in [5.74, 6) is -0.322. The van der Waals surface area contributed by atoms with E-state index in [0.717, 1.165) is 5.56 Å². The number of ether oxygens (including phenoxy) is 2. The molecule has 0 saturated carbocycles. The standard InChI is InChI=1S/C17H15Cl2NO4/c1-23-13-4-2-3-11(7-13)8-17(22)24-10-16(21)20-12-5-6-14(18)15(19)9-12/h2-7,9H,8,10H2,1H3,(H,20,21). The Morgan fingerprint density at radius 3 is 2.58 bits per heavy atom. The van der Waals surface area contributed by atoms with Crippen LogP contribution in [0.3, 0.4) is 0 Å². The van der Waals surface area contributed by atoms with Crippen molar-refractivity contribution in [3.8, 4) is 5.75 Å². The number of halogens is 2. The lowest BCUT2D eigenvalue weighted by Crippen LogP contribution is -2.21. The van der Waals surface area contributed by atoms with E-state index in [2.05, 4.69) is 5.32 Å². The van der Waals surface area contributed by atoms with Crippen LogP contribution in [-0.4, -0.2) is 25.6 Å². The van der Waals surface area contributed by atoms with Crippen molar-refractivity contribution >= 4 is 40.8 Å². The van der Waals surface area contributed by atoms with E-state index in [9.17, 15) is 9.59 Å². The van der Waals surface area contributed by atoms with Crippen LogP contribution in [0.5, 0.6) is 5.75 Å². The molecule has 0 radical (unpaired) electrons. The van der Waals surface area contributed by atoms with E-state index in [0.29, 0.717) is 21.5 Å². The molecule has 0 bridgehead atoms. The Morgan fingerprint density at radius 2 is 1.88 bits per heavy atom. The molecular formula is C17H15Cl2NO4. The van der Waals surface area contributed by atoms with Crippen LogP contribution in [0.2, 0.25) is 10.0 Å². The van der Waals surface area contributed by atoms with Gasteiger partial charge in [0.1, 0.15) is 5.75 Å². The van der Waals surface area contributed by atoms with E-state index >= 15 is 0 Å². The van der Waals surface area contributed by atoms with Crippen molar-refractivity contribution in [3.05, 3.63) is 58.1 Å². The lowest BCUT2D eigenvalue weighted by molar-refractivity contribution is -0.146. The second kappa shape index (κ2) is 8.57. The highest BCUT2D eigenvalue weighted by molar-refractivity contribution is 6.42. The number of hydrogen-bond donors (Lipinski definition) is 1. The average molecular weight is 368 g/mol. The molecule has 0 aromatic heterocycles. The van der Waals surface area contributed by atoms with Gasteiger partial charge < -0.3 is 14.8 Å². The van der Waals surface area contributed by atoms with Gasteiger partial charge in [-0.05, 0) is 35.9 Å². The molecule has 126 valence electrons. The van der Waals surface area contributed by atoms with Crippen molar-refractivity contribution in [3.63, 3.8) is 0 Å². The van der Waals surface area contributed by atoms with Gasteiger partial charge in [0.05, 0.1) is 23.6 Å². The summed E-state index contributed by atoms with van der Waals surface area (Å²) in [6, 6.07) is 11.7. The summed E-state index contributed by atoms with van der Waals surface area (Å²) in [7, 11) is 1.55. The van der Waals surface area contributed by atoms with Gasteiger partial charge in [0, 0.05) is 5.69 Å². The Balaban J connectivity index is 1.82. The van der Waals surface area contributed by atoms with Gasteiger partial charge in [-0.1, -0.05) is 35.3 Å². The van der Waals surface area contributed by atoms with Crippen molar-refractivity contribution in [2.24, 2.45) is 0 Å². The van der Waals surface area contributed by atoms with Crippen LogP contribution in [0.1, 0.15) is 5.56 Å². The Kier molecular flexibility index (Phi) is 6.46. The fraction of sp³-hybridized carbons (Fsp3) is 0.176. The predicted molar refractivity (Wildman–Crippen MR) is 92.7 cm³/mol. The van der Waals surface area contributed by atoms with Gasteiger partial charge in [0.15, 0.2) is 6.61 Å². The van der Waals surface area contributed by atoms with Gasteiger partial charge in [-0.25, -0.2) is 0 Å². The van der Waals surface area contributed by atoms with Crippen LogP contribution in [-0.2, 0) is 20.7 Å². The molecule has 0 saturated heterocycles. The molecule has 0 spiro atoms. The lowest BCUT2D eigenvalue weighted by Gasteiger charge is -2.08. The van der Waals surface area contributed by atoms with Crippen LogP contribution in [0, 0.1) is 0 Å². The van der Waals surface area contributed by atoms with Gasteiger partial charge in [-0.3, -0.25) is 9.59 Å². The van der Waals surface area contributed by atoms with E-state index in [-0.39, 0.29) is 13.0 Å². The third-order valence-corrected chi connectivity index (χ3v) is 3.79. The van der Waals surface area contributed by atoms with E-state index < -0.39 is 11.9 Å². The predicted octanol–water partition coefficient (Wildman–Crippen LogP) is 3.73. The van der Waals surface area contributed by atoms with E-state index in [1.807, 2.05) is 0 Å². The Labute approximate surface area is 149 Å². The van der Waals surface area contributed by atoms with Crippen LogP contribution in [0.25, 0.3) is 0 Å². The Hall–Kier alpha value is -2.24. The first-order valence-corrected chi connectivity index (χ1v) is 7.77. The minimum atomic E-state index is -0.507. The molecule has 0 aliphatic heterocycles. The number of anilines is 1. The molecule has 5 nitrogen and oxygen atoms in total. The molecule has 0 atom stereocenters. The topological polar surface area (TPSA) is 64.6 Å². The van der Waals surface area contributed by atoms with Gasteiger partial charge in [0.25, 0.3) is 5.91 Å². The van der Waals surface area contributed by atoms with Crippen molar-refractivity contribution in [2.75, 3.05) is 19.0 Å². The third-order valence-electron chi connectivity index (χ3n) is 3.05. The SMILES string of the molecule is COc1cccc(CC(=O)OCC(=O)Nc2ccc(Cl)c(Cl)c2)c1. The highest BCUT2D eigenvalue weighted by Gasteiger charge is 2.10. The lowest BCUT2D eigenvalue weighted by atomic mass is 10.1. The zero-order chi connectivity index (χ0) is 17.5. The summed E-state index contributed by atoms with van der Waals surface area (Å²) >= 11 is 11.7. The Morgan fingerprint density at radius 1 is 1.08 bits per heavy atom. The number of carbonyl (C=O) groups excluding carboxylic acids is 2. The third kappa shape index (κ3) is 5.44. The van der Waals surface area contributed by atoms with Gasteiger partial charge in [-0.15, -0.1) is 0 Å². The fourth-order valence-electron chi connectivity index (χ4n) is 1.92. The minimum Gasteiger partial charge on any atom is -0.497 e. The first kappa shape index (κ1) is 18.1. The highest BCUT2D eigenvalue weighted by atomic mass is 35.5. The summed E-state index contributed by atoms with van der Waals surface area (Å²) in [6.45, 7) is -0.386. The summed E-state index contributed by atoms with van der Waals surface area (Å²) in [6.07, 6.45) is 0.0528. The summed E-state index contributed by atoms with van der Waals surface area (Å²) < 4.78 is 10.0. The molecule has 0 unspecified atom stereocenters. The van der Waals surface area contributed by atoms with Crippen molar-refractivity contribution in [1.82, 2.24) is 0 Å². The normalized spacial score (nSPS) is 10.1. The van der Waals surface area contributed by atoms with Crippen LogP contribution in [0.4, 0.5) is 5.69 Å². The number of hydrogen-bond acceptors (Lipinski definition) is 4. The van der Waals surface area contributed by atoms with Crippen LogP contribution in [0.15, 0.2) is 42.5 Å². The van der Waals surface area contributed by atoms with Crippen molar-refractivity contribution in [2.45, 2.75) is 6.42 Å². The van der Waals surface area contributed by atoms with Crippen molar-refractivity contribution in [1.29, 1.82) is 0 Å². The maximum absolute atomic E-state index is 11.8. The molecule has 2 rings (SSSR count). The first-order valence-electron chi connectivity index (χ1n) is 7.01. The molecular weight excluding hydrogens is 353 g/mol.